The molecule has 0 radical (unpaired) electrons. The molecule has 0 amide bonds. The molecule has 0 atom stereocenters. The van der Waals surface area contributed by atoms with Crippen molar-refractivity contribution in [2.75, 3.05) is 25.1 Å². The van der Waals surface area contributed by atoms with Gasteiger partial charge in [0.2, 0.25) is 0 Å². The maximum absolute atomic E-state index is 9.51. The molecule has 5 heteroatoms. The molecule has 4 nitrogen and oxygen atoms in total. The van der Waals surface area contributed by atoms with Crippen LogP contribution in [0.4, 0.5) is 5.69 Å². The van der Waals surface area contributed by atoms with E-state index in [0.717, 1.165) is 26.2 Å². The number of likely N-dealkylation sites (N-methyl/N-ethyl adjacent to an activating group) is 1. The number of allylic oxidation sites excluding steroid dienone is 1. The average molecular weight is 359 g/mol. The third-order valence-electron chi connectivity index (χ3n) is 4.13. The van der Waals surface area contributed by atoms with Gasteiger partial charge in [-0.3, -0.25) is 0 Å². The molecule has 0 bridgehead atoms. The minimum atomic E-state index is 0.114. The molecule has 0 unspecified atom stereocenters. The highest BCUT2D eigenvalue weighted by atomic mass is 32.1. The molecular formula is C21H17N3OS. The first-order valence-electron chi connectivity index (χ1n) is 8.12. The predicted molar refractivity (Wildman–Crippen MR) is 107 cm³/mol. The zero-order valence-electron chi connectivity index (χ0n) is 14.3. The van der Waals surface area contributed by atoms with Gasteiger partial charge in [-0.15, -0.1) is 11.3 Å². The maximum Gasteiger partial charge on any atom is 0.0998 e. The highest BCUT2D eigenvalue weighted by Crippen LogP contribution is 2.31. The monoisotopic (exact) mass is 359 g/mol. The quantitative estimate of drug-likeness (QED) is 0.691. The summed E-state index contributed by atoms with van der Waals surface area (Å²) < 4.78 is 1.13. The van der Waals surface area contributed by atoms with E-state index in [-0.39, 0.29) is 6.61 Å². The van der Waals surface area contributed by atoms with E-state index in [1.807, 2.05) is 24.1 Å². The summed E-state index contributed by atoms with van der Waals surface area (Å²) in [5.74, 6) is 0. The summed E-state index contributed by atoms with van der Waals surface area (Å²) in [6, 6.07) is 19.6. The highest BCUT2D eigenvalue weighted by molar-refractivity contribution is 7.19. The number of hydrogen-bond acceptors (Lipinski definition) is 5. The van der Waals surface area contributed by atoms with Crippen LogP contribution in [0.2, 0.25) is 0 Å². The van der Waals surface area contributed by atoms with Crippen molar-refractivity contribution in [3.05, 3.63) is 64.5 Å². The summed E-state index contributed by atoms with van der Waals surface area (Å²) in [5, 5.41) is 28.6. The molecule has 0 aliphatic rings. The van der Waals surface area contributed by atoms with Crippen LogP contribution >= 0.6 is 11.3 Å². The number of anilines is 1. The van der Waals surface area contributed by atoms with E-state index in [1.165, 1.54) is 0 Å². The van der Waals surface area contributed by atoms with Gasteiger partial charge in [0.15, 0.2) is 0 Å². The number of aliphatic hydroxyl groups is 1. The van der Waals surface area contributed by atoms with Gasteiger partial charge in [0.05, 0.1) is 29.9 Å². The van der Waals surface area contributed by atoms with Crippen molar-refractivity contribution in [1.82, 2.24) is 0 Å². The van der Waals surface area contributed by atoms with E-state index in [0.29, 0.717) is 17.7 Å². The van der Waals surface area contributed by atoms with E-state index >= 15 is 0 Å². The van der Waals surface area contributed by atoms with Gasteiger partial charge in [-0.1, -0.05) is 18.2 Å². The standard InChI is InChI=1S/C21H17N3OS/c1-24(8-9-25)19-7-6-17-10-20(26-21(17)12-19)11-18(14-23)16-4-2-15(13-22)3-5-16/h2-7,10-12,25H,8-9H2,1H3. The predicted octanol–water partition coefficient (Wildman–Crippen LogP) is 4.27. The van der Waals surface area contributed by atoms with E-state index < -0.39 is 0 Å². The number of fused-ring (bicyclic) bond motifs is 1. The lowest BCUT2D eigenvalue weighted by Crippen LogP contribution is -2.20. The van der Waals surface area contributed by atoms with Gasteiger partial charge in [0.25, 0.3) is 0 Å². The van der Waals surface area contributed by atoms with Crippen LogP contribution in [0.1, 0.15) is 16.0 Å². The molecule has 128 valence electrons. The summed E-state index contributed by atoms with van der Waals surface area (Å²) >= 11 is 1.62. The van der Waals surface area contributed by atoms with Crippen LogP contribution in [0.15, 0.2) is 48.5 Å². The normalized spacial score (nSPS) is 11.2. The van der Waals surface area contributed by atoms with Gasteiger partial charge in [-0.2, -0.15) is 10.5 Å². The summed E-state index contributed by atoms with van der Waals surface area (Å²) in [7, 11) is 1.95. The molecule has 0 aliphatic heterocycles. The van der Waals surface area contributed by atoms with Crippen molar-refractivity contribution in [2.24, 2.45) is 0 Å². The van der Waals surface area contributed by atoms with Crippen molar-refractivity contribution in [3.8, 4) is 12.1 Å². The molecule has 26 heavy (non-hydrogen) atoms. The Morgan fingerprint density at radius 3 is 2.58 bits per heavy atom. The molecule has 2 aromatic carbocycles. The molecule has 0 spiro atoms. The van der Waals surface area contributed by atoms with Crippen LogP contribution in [0, 0.1) is 22.7 Å². The van der Waals surface area contributed by atoms with Crippen molar-refractivity contribution in [1.29, 1.82) is 10.5 Å². The molecule has 0 fully saturated rings. The lowest BCUT2D eigenvalue weighted by Gasteiger charge is -2.17. The average Bonchev–Trinajstić information content (AvgIpc) is 3.08. The second-order valence-corrected chi connectivity index (χ2v) is 6.99. The van der Waals surface area contributed by atoms with Crippen molar-refractivity contribution in [2.45, 2.75) is 0 Å². The molecule has 3 aromatic rings. The zero-order chi connectivity index (χ0) is 18.5. The molecule has 3 rings (SSSR count). The van der Waals surface area contributed by atoms with Gasteiger partial charge in [-0.05, 0) is 47.4 Å². The first-order valence-corrected chi connectivity index (χ1v) is 8.94. The summed E-state index contributed by atoms with van der Waals surface area (Å²) in [6.45, 7) is 0.698. The number of thiophene rings is 1. The second kappa shape index (κ2) is 7.84. The van der Waals surface area contributed by atoms with Crippen LogP contribution in [0.5, 0.6) is 0 Å². The Morgan fingerprint density at radius 2 is 1.92 bits per heavy atom. The Kier molecular flexibility index (Phi) is 5.34. The van der Waals surface area contributed by atoms with Gasteiger partial charge < -0.3 is 10.0 Å². The van der Waals surface area contributed by atoms with Crippen molar-refractivity contribution < 1.29 is 5.11 Å². The van der Waals surface area contributed by atoms with Gasteiger partial charge in [0.1, 0.15) is 0 Å². The largest absolute Gasteiger partial charge is 0.395 e. The minimum Gasteiger partial charge on any atom is -0.395 e. The number of aliphatic hydroxyl groups excluding tert-OH is 1. The Labute approximate surface area is 156 Å². The third-order valence-corrected chi connectivity index (χ3v) is 5.18. The van der Waals surface area contributed by atoms with Gasteiger partial charge >= 0.3 is 0 Å². The smallest absolute Gasteiger partial charge is 0.0998 e. The minimum absolute atomic E-state index is 0.114. The highest BCUT2D eigenvalue weighted by Gasteiger charge is 2.07. The van der Waals surface area contributed by atoms with E-state index in [9.17, 15) is 5.26 Å². The number of benzene rings is 2. The Hall–Kier alpha value is -3.12. The maximum atomic E-state index is 9.51. The number of rotatable bonds is 5. The number of nitrogens with zero attached hydrogens (tertiary/aromatic N) is 3. The molecule has 1 N–H and O–H groups in total. The number of nitriles is 2. The van der Waals surface area contributed by atoms with Crippen LogP contribution in [0.25, 0.3) is 21.7 Å². The molecular weight excluding hydrogens is 342 g/mol. The summed E-state index contributed by atoms with van der Waals surface area (Å²) in [5.41, 5.74) is 3.00. The fourth-order valence-corrected chi connectivity index (χ4v) is 3.72. The summed E-state index contributed by atoms with van der Waals surface area (Å²) in [4.78, 5) is 3.01. The van der Waals surface area contributed by atoms with Crippen LogP contribution in [-0.4, -0.2) is 25.3 Å². The van der Waals surface area contributed by atoms with Crippen LogP contribution in [-0.2, 0) is 0 Å². The fourth-order valence-electron chi connectivity index (χ4n) is 2.67. The number of hydrogen-bond donors (Lipinski definition) is 1. The topological polar surface area (TPSA) is 71.0 Å². The van der Waals surface area contributed by atoms with Gasteiger partial charge in [0, 0.05) is 28.9 Å². The molecule has 1 heterocycles. The molecule has 0 aliphatic carbocycles. The SMILES string of the molecule is CN(CCO)c1ccc2cc(C=C(C#N)c3ccc(C#N)cc3)sc2c1. The van der Waals surface area contributed by atoms with E-state index in [4.69, 9.17) is 10.4 Å². The van der Waals surface area contributed by atoms with E-state index in [2.05, 4.69) is 30.3 Å². The first kappa shape index (κ1) is 17.7. The zero-order valence-corrected chi connectivity index (χ0v) is 15.1. The Morgan fingerprint density at radius 1 is 1.15 bits per heavy atom. The van der Waals surface area contributed by atoms with Crippen LogP contribution < -0.4 is 4.90 Å². The molecule has 0 saturated carbocycles. The Bertz CT molecular complexity index is 1040. The van der Waals surface area contributed by atoms with Crippen LogP contribution in [0.3, 0.4) is 0 Å². The fraction of sp³-hybridized carbons (Fsp3) is 0.143. The molecule has 0 saturated heterocycles. The lowest BCUT2D eigenvalue weighted by molar-refractivity contribution is 0.304. The van der Waals surface area contributed by atoms with E-state index in [1.54, 1.807) is 35.6 Å². The van der Waals surface area contributed by atoms with Gasteiger partial charge in [-0.25, -0.2) is 0 Å². The lowest BCUT2D eigenvalue weighted by atomic mass is 10.0. The summed E-state index contributed by atoms with van der Waals surface area (Å²) in [6.07, 6.45) is 1.88. The second-order valence-electron chi connectivity index (χ2n) is 5.88. The Balaban J connectivity index is 1.94. The van der Waals surface area contributed by atoms with Crippen molar-refractivity contribution >= 4 is 38.8 Å². The first-order chi connectivity index (χ1) is 12.6. The molecule has 1 aromatic heterocycles. The van der Waals surface area contributed by atoms with Crippen molar-refractivity contribution in [3.63, 3.8) is 0 Å². The third kappa shape index (κ3) is 3.75.